The Bertz CT molecular complexity index is 1350. The topological polar surface area (TPSA) is 29.5 Å². The van der Waals surface area contributed by atoms with Gasteiger partial charge in [0, 0.05) is 19.5 Å². The number of rotatable bonds is 15. The maximum absolute atomic E-state index is 14.3. The van der Waals surface area contributed by atoms with E-state index in [4.69, 9.17) is 4.74 Å². The van der Waals surface area contributed by atoms with E-state index in [-0.39, 0.29) is 18.7 Å². The Balaban J connectivity index is 3.41. The van der Waals surface area contributed by atoms with Gasteiger partial charge in [-0.2, -0.15) is 92.2 Å². The van der Waals surface area contributed by atoms with E-state index in [1.807, 2.05) is 0 Å². The summed E-state index contributed by atoms with van der Waals surface area (Å²) in [7, 11) is 0. The third kappa shape index (κ3) is 7.87. The van der Waals surface area contributed by atoms with Crippen molar-refractivity contribution in [2.75, 3.05) is 6.54 Å². The molecule has 0 saturated heterocycles. The van der Waals surface area contributed by atoms with Gasteiger partial charge >= 0.3 is 65.6 Å². The number of halogens is 21. The maximum Gasteiger partial charge on any atom is 0.460 e. The molecule has 1 rings (SSSR count). The van der Waals surface area contributed by atoms with Crippen molar-refractivity contribution >= 4 is 6.09 Å². The van der Waals surface area contributed by atoms with Crippen LogP contribution < -0.4 is 0 Å². The van der Waals surface area contributed by atoms with Gasteiger partial charge in [0.05, 0.1) is 0 Å². The average molecular weight is 795 g/mol. The summed E-state index contributed by atoms with van der Waals surface area (Å²) < 4.78 is 290. The minimum absolute atomic E-state index is 0.113. The van der Waals surface area contributed by atoms with Crippen molar-refractivity contribution in [1.29, 1.82) is 0 Å². The molecule has 0 atom stereocenters. The molecule has 0 bridgehead atoms. The Morgan fingerprint density at radius 2 is 0.882 bits per heavy atom. The second-order valence-electron chi connectivity index (χ2n) is 12.0. The van der Waals surface area contributed by atoms with Gasteiger partial charge in [0.1, 0.15) is 5.60 Å². The predicted molar refractivity (Wildman–Crippen MR) is 132 cm³/mol. The number of amides is 1. The first-order valence-electron chi connectivity index (χ1n) is 13.8. The van der Waals surface area contributed by atoms with Gasteiger partial charge in [0.25, 0.3) is 0 Å². The molecular weight excluding hydrogens is 769 g/mol. The van der Waals surface area contributed by atoms with Crippen molar-refractivity contribution in [2.45, 2.75) is 119 Å². The van der Waals surface area contributed by atoms with Crippen molar-refractivity contribution in [3.63, 3.8) is 0 Å². The Morgan fingerprint density at radius 1 is 0.549 bits per heavy atom. The van der Waals surface area contributed by atoms with E-state index >= 15 is 0 Å². The predicted octanol–water partition coefficient (Wildman–Crippen LogP) is 11.0. The van der Waals surface area contributed by atoms with Crippen molar-refractivity contribution < 1.29 is 102 Å². The lowest BCUT2D eigenvalue weighted by Gasteiger charge is -2.44. The summed E-state index contributed by atoms with van der Waals surface area (Å²) in [6.07, 6.45) is -12.7. The van der Waals surface area contributed by atoms with Gasteiger partial charge in [0.2, 0.25) is 0 Å². The molecule has 1 amide bonds. The zero-order valence-corrected chi connectivity index (χ0v) is 26.0. The number of ether oxygens (including phenoxy) is 1. The van der Waals surface area contributed by atoms with Gasteiger partial charge in [-0.05, 0) is 44.7 Å². The summed E-state index contributed by atoms with van der Waals surface area (Å²) >= 11 is 0. The number of nitrogens with zero attached hydrogens (tertiary/aromatic N) is 1. The van der Waals surface area contributed by atoms with Gasteiger partial charge in [-0.1, -0.05) is 31.2 Å². The van der Waals surface area contributed by atoms with Gasteiger partial charge in [-0.25, -0.2) is 4.79 Å². The lowest BCUT2D eigenvalue weighted by atomic mass is 9.85. The fourth-order valence-electron chi connectivity index (χ4n) is 3.91. The lowest BCUT2D eigenvalue weighted by Crippen LogP contribution is -2.76. The number of carbonyl (C=O) groups excluding carboxylic acids is 1. The number of carbonyl (C=O) groups is 1. The second-order valence-corrected chi connectivity index (χ2v) is 12.0. The average Bonchev–Trinajstić information content (AvgIpc) is 2.94. The van der Waals surface area contributed by atoms with Crippen LogP contribution in [0.4, 0.5) is 97.0 Å². The van der Waals surface area contributed by atoms with Crippen molar-refractivity contribution in [3.8, 4) is 0 Å². The van der Waals surface area contributed by atoms with E-state index in [2.05, 4.69) is 0 Å². The van der Waals surface area contributed by atoms with Crippen molar-refractivity contribution in [1.82, 2.24) is 4.90 Å². The fraction of sp³-hybridized carbons (Fsp3) is 0.741. The van der Waals surface area contributed by atoms with E-state index in [0.717, 1.165) is 29.2 Å². The Labute approximate surface area is 274 Å². The minimum Gasteiger partial charge on any atom is -0.444 e. The first-order chi connectivity index (χ1) is 22.2. The standard InChI is InChI=1S/C27H26F21NO2/c1-5-12-49(16(50)51-17(2,3)4)13-15-8-6-14(7-9-15)10-11-18(28,29)19(30,31)20(32,33)21(34,35)22(36,37)23(38,39)24(40,41)25(42,43)26(44,45)27(46,47)48/h6-9H,5,10-13H2,1-4H3. The molecule has 0 spiro atoms. The third-order valence-electron chi connectivity index (χ3n) is 6.85. The first kappa shape index (κ1) is 46.0. The molecule has 3 nitrogen and oxygen atoms in total. The van der Waals surface area contributed by atoms with Gasteiger partial charge in [0.15, 0.2) is 0 Å². The van der Waals surface area contributed by atoms with Gasteiger partial charge in [-0.15, -0.1) is 0 Å². The Morgan fingerprint density at radius 3 is 1.22 bits per heavy atom. The number of aryl methyl sites for hydroxylation is 1. The first-order valence-corrected chi connectivity index (χ1v) is 13.8. The minimum atomic E-state index is -9.20. The van der Waals surface area contributed by atoms with Crippen LogP contribution in [0.15, 0.2) is 24.3 Å². The zero-order valence-electron chi connectivity index (χ0n) is 26.0. The summed E-state index contributed by atoms with van der Waals surface area (Å²) in [5.41, 5.74) is -1.24. The summed E-state index contributed by atoms with van der Waals surface area (Å²) in [5.74, 6) is -77.1. The van der Waals surface area contributed by atoms with E-state index in [1.165, 1.54) is 20.8 Å². The summed E-state index contributed by atoms with van der Waals surface area (Å²) in [6.45, 7) is 6.17. The summed E-state index contributed by atoms with van der Waals surface area (Å²) in [4.78, 5) is 13.5. The largest absolute Gasteiger partial charge is 0.460 e. The van der Waals surface area contributed by atoms with Gasteiger partial charge < -0.3 is 9.64 Å². The number of hydrogen-bond acceptors (Lipinski definition) is 2. The Kier molecular flexibility index (Phi) is 12.4. The molecule has 51 heavy (non-hydrogen) atoms. The molecule has 0 heterocycles. The van der Waals surface area contributed by atoms with Crippen molar-refractivity contribution in [3.05, 3.63) is 35.4 Å². The van der Waals surface area contributed by atoms with Crippen LogP contribution in [-0.4, -0.2) is 82.6 Å². The van der Waals surface area contributed by atoms with Crippen LogP contribution in [0.3, 0.4) is 0 Å². The fourth-order valence-corrected chi connectivity index (χ4v) is 3.91. The van der Waals surface area contributed by atoms with Crippen LogP contribution in [0, 0.1) is 0 Å². The number of alkyl halides is 21. The molecular formula is C27H26F21NO2. The SMILES string of the molecule is CCCN(Cc1ccc(CCC(F)(F)C(F)(F)C(F)(F)C(F)(F)C(F)(F)C(F)(F)C(F)(F)C(F)(F)C(F)(F)C(F)(F)F)cc1)C(=O)OC(C)(C)C. The van der Waals surface area contributed by atoms with E-state index in [1.54, 1.807) is 6.92 Å². The molecule has 0 fully saturated rings. The van der Waals surface area contributed by atoms with Crippen molar-refractivity contribution in [2.24, 2.45) is 0 Å². The lowest BCUT2D eigenvalue weighted by molar-refractivity contribution is -0.474. The highest BCUT2D eigenvalue weighted by atomic mass is 19.4. The van der Waals surface area contributed by atoms with Crippen LogP contribution in [0.2, 0.25) is 0 Å². The molecule has 0 aliphatic heterocycles. The molecule has 0 saturated carbocycles. The van der Waals surface area contributed by atoms with E-state index in [9.17, 15) is 97.0 Å². The summed E-state index contributed by atoms with van der Waals surface area (Å²) in [5, 5.41) is 0. The van der Waals surface area contributed by atoms with Crippen LogP contribution in [-0.2, 0) is 17.7 Å². The second kappa shape index (κ2) is 13.8. The van der Waals surface area contributed by atoms with Crippen LogP contribution in [0.1, 0.15) is 51.7 Å². The molecule has 0 radical (unpaired) electrons. The Hall–Kier alpha value is -2.98. The number of hydrogen-bond donors (Lipinski definition) is 0. The molecule has 298 valence electrons. The highest BCUT2D eigenvalue weighted by Gasteiger charge is 2.97. The molecule has 0 aromatic heterocycles. The molecule has 0 aliphatic rings. The highest BCUT2D eigenvalue weighted by molar-refractivity contribution is 5.68. The van der Waals surface area contributed by atoms with Crippen LogP contribution >= 0.6 is 0 Å². The molecule has 0 N–H and O–H groups in total. The van der Waals surface area contributed by atoms with E-state index in [0.29, 0.717) is 6.42 Å². The van der Waals surface area contributed by atoms with Gasteiger partial charge in [-0.3, -0.25) is 0 Å². The third-order valence-corrected chi connectivity index (χ3v) is 6.85. The number of benzene rings is 1. The van der Waals surface area contributed by atoms with Crippen LogP contribution in [0.5, 0.6) is 0 Å². The highest BCUT2D eigenvalue weighted by Crippen LogP contribution is 2.66. The molecule has 1 aromatic carbocycles. The quantitative estimate of drug-likeness (QED) is 0.166. The van der Waals surface area contributed by atoms with E-state index < -0.39 is 89.6 Å². The monoisotopic (exact) mass is 795 g/mol. The molecule has 0 aliphatic carbocycles. The summed E-state index contributed by atoms with van der Waals surface area (Å²) in [6, 6.07) is 3.79. The molecule has 0 unspecified atom stereocenters. The normalized spacial score (nSPS) is 15.2. The molecule has 24 heteroatoms. The van der Waals surface area contributed by atoms with Crippen LogP contribution in [0.25, 0.3) is 0 Å². The molecule has 1 aromatic rings. The smallest absolute Gasteiger partial charge is 0.444 e. The maximum atomic E-state index is 14.3. The zero-order chi connectivity index (χ0) is 40.9.